The van der Waals surface area contributed by atoms with Crippen LogP contribution in [0.5, 0.6) is 0 Å². The van der Waals surface area contributed by atoms with Crippen molar-refractivity contribution in [2.45, 2.75) is 44.6 Å². The van der Waals surface area contributed by atoms with Gasteiger partial charge in [0, 0.05) is 18.8 Å². The van der Waals surface area contributed by atoms with Gasteiger partial charge in [0.15, 0.2) is 0 Å². The summed E-state index contributed by atoms with van der Waals surface area (Å²) >= 11 is 11.8. The summed E-state index contributed by atoms with van der Waals surface area (Å²) in [5, 5.41) is 0.590. The minimum absolute atomic E-state index is 0.0488. The molecule has 2 fully saturated rings. The third-order valence-corrected chi connectivity index (χ3v) is 5.23. The fraction of sp³-hybridized carbons (Fsp3) is 0.600. The summed E-state index contributed by atoms with van der Waals surface area (Å²) in [5.74, 6) is 0.727. The van der Waals surface area contributed by atoms with Crippen molar-refractivity contribution in [3.63, 3.8) is 0 Å². The molecule has 1 aliphatic heterocycles. The number of pyridine rings is 1. The molecule has 0 bridgehead atoms. The van der Waals surface area contributed by atoms with Gasteiger partial charge >= 0.3 is 0 Å². The van der Waals surface area contributed by atoms with Crippen molar-refractivity contribution in [2.75, 3.05) is 6.54 Å². The predicted octanol–water partition coefficient (Wildman–Crippen LogP) is 4.18. The van der Waals surface area contributed by atoms with Crippen LogP contribution >= 0.6 is 23.2 Å². The first kappa shape index (κ1) is 14.2. The number of carbonyl (C=O) groups is 1. The fourth-order valence-corrected chi connectivity index (χ4v) is 3.85. The molecule has 20 heavy (non-hydrogen) atoms. The number of rotatable bonds is 1. The highest BCUT2D eigenvalue weighted by atomic mass is 35.5. The second-order valence-electron chi connectivity index (χ2n) is 5.75. The molecule has 1 amide bonds. The second-order valence-corrected chi connectivity index (χ2v) is 6.51. The maximum absolute atomic E-state index is 12.7. The van der Waals surface area contributed by atoms with Crippen LogP contribution in [0.25, 0.3) is 0 Å². The largest absolute Gasteiger partial charge is 0.335 e. The highest BCUT2D eigenvalue weighted by Crippen LogP contribution is 2.36. The fourth-order valence-electron chi connectivity index (χ4n) is 3.58. The van der Waals surface area contributed by atoms with Gasteiger partial charge in [-0.1, -0.05) is 36.0 Å². The number of halogens is 2. The van der Waals surface area contributed by atoms with Gasteiger partial charge in [0.1, 0.15) is 5.15 Å². The Balaban J connectivity index is 1.83. The van der Waals surface area contributed by atoms with E-state index in [1.54, 1.807) is 6.07 Å². The smallest absolute Gasteiger partial charge is 0.255 e. The molecule has 1 aromatic heterocycles. The molecule has 0 N–H and O–H groups in total. The maximum Gasteiger partial charge on any atom is 0.255 e. The number of hydrogen-bond donors (Lipinski definition) is 0. The average molecular weight is 313 g/mol. The number of likely N-dealkylation sites (tertiary alicyclic amines) is 1. The molecule has 1 aliphatic carbocycles. The van der Waals surface area contributed by atoms with Gasteiger partial charge in [-0.3, -0.25) is 4.79 Å². The number of fused-ring (bicyclic) bond motifs is 1. The molecule has 2 heterocycles. The van der Waals surface area contributed by atoms with E-state index in [0.29, 0.717) is 22.5 Å². The quantitative estimate of drug-likeness (QED) is 0.729. The Morgan fingerprint density at radius 3 is 2.75 bits per heavy atom. The number of aromatic nitrogens is 1. The van der Waals surface area contributed by atoms with Crippen LogP contribution in [-0.4, -0.2) is 28.4 Å². The first-order valence-corrected chi connectivity index (χ1v) is 8.04. The Labute approximate surface area is 129 Å². The van der Waals surface area contributed by atoms with E-state index in [2.05, 4.69) is 4.98 Å². The molecule has 5 heteroatoms. The zero-order chi connectivity index (χ0) is 14.1. The number of piperidine rings is 1. The number of amides is 1. The van der Waals surface area contributed by atoms with E-state index in [1.807, 2.05) is 4.90 Å². The molecular formula is C15H18Cl2N2O. The van der Waals surface area contributed by atoms with Gasteiger partial charge in [-0.15, -0.1) is 0 Å². The van der Waals surface area contributed by atoms with Crippen LogP contribution in [0.2, 0.25) is 10.2 Å². The topological polar surface area (TPSA) is 33.2 Å². The van der Waals surface area contributed by atoms with Gasteiger partial charge in [-0.2, -0.15) is 0 Å². The van der Waals surface area contributed by atoms with Crippen LogP contribution < -0.4 is 0 Å². The van der Waals surface area contributed by atoms with Crippen LogP contribution in [0.1, 0.15) is 48.9 Å². The molecule has 0 unspecified atom stereocenters. The highest BCUT2D eigenvalue weighted by molar-refractivity contribution is 6.41. The highest BCUT2D eigenvalue weighted by Gasteiger charge is 2.36. The van der Waals surface area contributed by atoms with Gasteiger partial charge < -0.3 is 4.90 Å². The lowest BCUT2D eigenvalue weighted by atomic mass is 9.78. The van der Waals surface area contributed by atoms with E-state index in [-0.39, 0.29) is 11.1 Å². The van der Waals surface area contributed by atoms with Crippen LogP contribution in [0.15, 0.2) is 12.3 Å². The summed E-state index contributed by atoms with van der Waals surface area (Å²) in [6, 6.07) is 2.03. The lowest BCUT2D eigenvalue weighted by Gasteiger charge is -2.44. The second kappa shape index (κ2) is 5.90. The molecule has 3 nitrogen and oxygen atoms in total. The number of nitrogens with zero attached hydrogens (tertiary/aromatic N) is 2. The summed E-state index contributed by atoms with van der Waals surface area (Å²) in [5.41, 5.74) is 0.547. The molecule has 1 saturated carbocycles. The molecule has 0 radical (unpaired) electrons. The van der Waals surface area contributed by atoms with E-state index in [9.17, 15) is 4.79 Å². The number of carbonyl (C=O) groups excluding carboxylic acids is 1. The van der Waals surface area contributed by atoms with Crippen LogP contribution in [0, 0.1) is 5.92 Å². The Kier molecular flexibility index (Phi) is 4.18. The standard InChI is InChI=1S/C15H18Cl2N2O/c16-12-8-11(9-18-14(12)17)15(20)19-7-3-5-10-4-1-2-6-13(10)19/h8-10,13H,1-7H2/t10-,13+/m0/s1. The first-order chi connectivity index (χ1) is 9.66. The minimum Gasteiger partial charge on any atom is -0.335 e. The van der Waals surface area contributed by atoms with Crippen LogP contribution in [-0.2, 0) is 0 Å². The molecule has 2 aliphatic rings. The van der Waals surface area contributed by atoms with Gasteiger partial charge in [0.05, 0.1) is 10.6 Å². The van der Waals surface area contributed by atoms with Crippen molar-refractivity contribution in [3.05, 3.63) is 28.0 Å². The monoisotopic (exact) mass is 312 g/mol. The summed E-state index contributed by atoms with van der Waals surface area (Å²) in [4.78, 5) is 18.7. The lowest BCUT2D eigenvalue weighted by Crippen LogP contribution is -2.49. The van der Waals surface area contributed by atoms with Crippen molar-refractivity contribution in [1.29, 1.82) is 0 Å². The van der Waals surface area contributed by atoms with E-state index in [4.69, 9.17) is 23.2 Å². The summed E-state index contributed by atoms with van der Waals surface area (Å²) in [6.45, 7) is 0.847. The Bertz CT molecular complexity index is 519. The molecule has 108 valence electrons. The van der Waals surface area contributed by atoms with Crippen molar-refractivity contribution < 1.29 is 4.79 Å². The van der Waals surface area contributed by atoms with Gasteiger partial charge in [0.2, 0.25) is 0 Å². The van der Waals surface area contributed by atoms with E-state index >= 15 is 0 Å². The zero-order valence-electron chi connectivity index (χ0n) is 11.3. The molecule has 2 atom stereocenters. The molecular weight excluding hydrogens is 295 g/mol. The first-order valence-electron chi connectivity index (χ1n) is 7.29. The SMILES string of the molecule is O=C(c1cnc(Cl)c(Cl)c1)N1CCC[C@@H]2CCCC[C@H]21. The van der Waals surface area contributed by atoms with Crippen molar-refractivity contribution in [1.82, 2.24) is 9.88 Å². The summed E-state index contributed by atoms with van der Waals surface area (Å²) in [6.07, 6.45) is 8.81. The van der Waals surface area contributed by atoms with E-state index < -0.39 is 0 Å². The molecule has 3 rings (SSSR count). The Morgan fingerprint density at radius 1 is 1.20 bits per heavy atom. The average Bonchev–Trinajstić information content (AvgIpc) is 2.49. The van der Waals surface area contributed by atoms with Gasteiger partial charge in [-0.25, -0.2) is 4.98 Å². The van der Waals surface area contributed by atoms with Gasteiger partial charge in [0.25, 0.3) is 5.91 Å². The van der Waals surface area contributed by atoms with Crippen molar-refractivity contribution >= 4 is 29.1 Å². The molecule has 1 saturated heterocycles. The number of hydrogen-bond acceptors (Lipinski definition) is 2. The third kappa shape index (κ3) is 2.66. The lowest BCUT2D eigenvalue weighted by molar-refractivity contribution is 0.0390. The van der Waals surface area contributed by atoms with E-state index in [0.717, 1.165) is 19.4 Å². The van der Waals surface area contributed by atoms with E-state index in [1.165, 1.54) is 31.9 Å². The molecule has 1 aromatic rings. The van der Waals surface area contributed by atoms with Crippen molar-refractivity contribution in [3.8, 4) is 0 Å². The maximum atomic E-state index is 12.7. The zero-order valence-corrected chi connectivity index (χ0v) is 12.8. The Hall–Kier alpha value is -0.800. The summed E-state index contributed by atoms with van der Waals surface area (Å²) in [7, 11) is 0. The predicted molar refractivity (Wildman–Crippen MR) is 80.3 cm³/mol. The molecule has 0 spiro atoms. The van der Waals surface area contributed by atoms with Crippen LogP contribution in [0.3, 0.4) is 0 Å². The molecule has 0 aromatic carbocycles. The normalized spacial score (nSPS) is 26.2. The Morgan fingerprint density at radius 2 is 1.95 bits per heavy atom. The minimum atomic E-state index is 0.0488. The van der Waals surface area contributed by atoms with Gasteiger partial charge in [-0.05, 0) is 37.7 Å². The summed E-state index contributed by atoms with van der Waals surface area (Å²) < 4.78 is 0. The third-order valence-electron chi connectivity index (χ3n) is 4.55. The van der Waals surface area contributed by atoms with Crippen LogP contribution in [0.4, 0.5) is 0 Å². The van der Waals surface area contributed by atoms with Crippen molar-refractivity contribution in [2.24, 2.45) is 5.92 Å².